The second-order valence-electron chi connectivity index (χ2n) is 4.21. The Labute approximate surface area is 75.0 Å². The first-order valence-electron chi connectivity index (χ1n) is 4.11. The summed E-state index contributed by atoms with van der Waals surface area (Å²) in [7, 11) is 0. The monoisotopic (exact) mass is 178 g/mol. The lowest BCUT2D eigenvalue weighted by atomic mass is 9.90. The Hall–Kier alpha value is -0.120. The molecule has 3 N–H and O–H groups in total. The molecule has 0 aromatic carbocycles. The van der Waals surface area contributed by atoms with Gasteiger partial charge in [-0.3, -0.25) is 0 Å². The van der Waals surface area contributed by atoms with E-state index in [0.717, 1.165) is 0 Å². The Bertz CT molecular complexity index is 91.2. The summed E-state index contributed by atoms with van der Waals surface area (Å²) in [5.41, 5.74) is -2.01. The highest BCUT2D eigenvalue weighted by Crippen LogP contribution is 2.19. The molecule has 0 saturated heterocycles. The summed E-state index contributed by atoms with van der Waals surface area (Å²) in [6.07, 6.45) is -0.167. The highest BCUT2D eigenvalue weighted by Gasteiger charge is 2.31. The van der Waals surface area contributed by atoms with Gasteiger partial charge in [-0.15, -0.1) is 0 Å². The van der Waals surface area contributed by atoms with Gasteiger partial charge in [0.25, 0.3) is 0 Å². The van der Waals surface area contributed by atoms with Crippen LogP contribution in [0.25, 0.3) is 0 Å². The number of hydrogen-bond acceptors (Lipinski definition) is 3. The van der Waals surface area contributed by atoms with E-state index in [1.54, 1.807) is 41.5 Å². The van der Waals surface area contributed by atoms with Gasteiger partial charge in [-0.25, -0.2) is 0 Å². The van der Waals surface area contributed by atoms with E-state index in [4.69, 9.17) is 15.3 Å². The van der Waals surface area contributed by atoms with Crippen LogP contribution in [0.5, 0.6) is 0 Å². The Morgan fingerprint density at radius 2 is 0.917 bits per heavy atom. The SMILES string of the molecule is CC(C)(O)C(C)(C)O.CC(C)O. The van der Waals surface area contributed by atoms with Gasteiger partial charge in [0.15, 0.2) is 0 Å². The molecule has 0 radical (unpaired) electrons. The van der Waals surface area contributed by atoms with Crippen LogP contribution in [0.3, 0.4) is 0 Å². The molecule has 0 fully saturated rings. The van der Waals surface area contributed by atoms with Crippen molar-refractivity contribution in [3.8, 4) is 0 Å². The van der Waals surface area contributed by atoms with Crippen LogP contribution >= 0.6 is 0 Å². The van der Waals surface area contributed by atoms with Gasteiger partial charge < -0.3 is 15.3 Å². The fraction of sp³-hybridized carbons (Fsp3) is 1.00. The van der Waals surface area contributed by atoms with Crippen molar-refractivity contribution in [2.45, 2.75) is 58.8 Å². The van der Waals surface area contributed by atoms with Gasteiger partial charge in [0.2, 0.25) is 0 Å². The van der Waals surface area contributed by atoms with E-state index in [-0.39, 0.29) is 6.10 Å². The Morgan fingerprint density at radius 1 is 0.833 bits per heavy atom. The first kappa shape index (κ1) is 14.4. The Kier molecular flexibility index (Phi) is 5.76. The van der Waals surface area contributed by atoms with Crippen LogP contribution < -0.4 is 0 Å². The largest absolute Gasteiger partial charge is 0.394 e. The predicted molar refractivity (Wildman–Crippen MR) is 50.0 cm³/mol. The van der Waals surface area contributed by atoms with E-state index < -0.39 is 11.2 Å². The fourth-order valence-electron chi connectivity index (χ4n) is 0. The Morgan fingerprint density at radius 3 is 0.917 bits per heavy atom. The quantitative estimate of drug-likeness (QED) is 0.559. The molecule has 0 aliphatic rings. The zero-order valence-corrected chi connectivity index (χ0v) is 8.92. The zero-order valence-electron chi connectivity index (χ0n) is 8.92. The summed E-state index contributed by atoms with van der Waals surface area (Å²) < 4.78 is 0. The van der Waals surface area contributed by atoms with E-state index in [2.05, 4.69) is 0 Å². The summed E-state index contributed by atoms with van der Waals surface area (Å²) in [6, 6.07) is 0. The second kappa shape index (κ2) is 4.80. The summed E-state index contributed by atoms with van der Waals surface area (Å²) in [5, 5.41) is 26.3. The van der Waals surface area contributed by atoms with Crippen molar-refractivity contribution in [3.05, 3.63) is 0 Å². The van der Waals surface area contributed by atoms with Gasteiger partial charge in [-0.1, -0.05) is 0 Å². The maximum Gasteiger partial charge on any atom is 0.0872 e. The topological polar surface area (TPSA) is 60.7 Å². The van der Waals surface area contributed by atoms with Gasteiger partial charge in [-0.2, -0.15) is 0 Å². The number of hydrogen-bond donors (Lipinski definition) is 3. The maximum atomic E-state index is 9.10. The molecule has 0 aliphatic carbocycles. The van der Waals surface area contributed by atoms with Crippen molar-refractivity contribution in [2.24, 2.45) is 0 Å². The number of rotatable bonds is 1. The minimum atomic E-state index is -1.01. The van der Waals surface area contributed by atoms with Crippen LogP contribution in [-0.2, 0) is 0 Å². The van der Waals surface area contributed by atoms with E-state index >= 15 is 0 Å². The van der Waals surface area contributed by atoms with Crippen LogP contribution in [0.15, 0.2) is 0 Å². The normalized spacial score (nSPS) is 12.5. The van der Waals surface area contributed by atoms with Crippen molar-refractivity contribution in [1.82, 2.24) is 0 Å². The van der Waals surface area contributed by atoms with Crippen LogP contribution in [0.1, 0.15) is 41.5 Å². The second-order valence-corrected chi connectivity index (χ2v) is 4.21. The summed E-state index contributed by atoms with van der Waals surface area (Å²) >= 11 is 0. The molecule has 0 heterocycles. The molecular weight excluding hydrogens is 156 g/mol. The highest BCUT2D eigenvalue weighted by molar-refractivity contribution is 4.84. The van der Waals surface area contributed by atoms with Gasteiger partial charge in [-0.05, 0) is 41.5 Å². The third kappa shape index (κ3) is 9.88. The summed E-state index contributed by atoms with van der Waals surface area (Å²) in [5.74, 6) is 0. The molecule has 0 aromatic rings. The summed E-state index contributed by atoms with van der Waals surface area (Å²) in [4.78, 5) is 0. The molecule has 0 saturated carbocycles. The van der Waals surface area contributed by atoms with Crippen molar-refractivity contribution in [3.63, 3.8) is 0 Å². The minimum absolute atomic E-state index is 0.167. The van der Waals surface area contributed by atoms with Gasteiger partial charge >= 0.3 is 0 Å². The van der Waals surface area contributed by atoms with Crippen LogP contribution in [-0.4, -0.2) is 32.6 Å². The standard InChI is InChI=1S/C6H14O2.C3H8O/c1-5(2,7)6(3,4)8;1-3(2)4/h7-8H,1-4H3;3-4H,1-2H3. The summed E-state index contributed by atoms with van der Waals surface area (Å²) in [6.45, 7) is 9.75. The molecule has 0 aliphatic heterocycles. The molecule has 0 bridgehead atoms. The van der Waals surface area contributed by atoms with E-state index in [9.17, 15) is 0 Å². The first-order chi connectivity index (χ1) is 4.98. The van der Waals surface area contributed by atoms with Crippen LogP contribution in [0.4, 0.5) is 0 Å². The van der Waals surface area contributed by atoms with Gasteiger partial charge in [0.05, 0.1) is 11.2 Å². The van der Waals surface area contributed by atoms with Crippen molar-refractivity contribution in [2.75, 3.05) is 0 Å². The molecular formula is C9H22O3. The average molecular weight is 178 g/mol. The molecule has 0 rings (SSSR count). The molecule has 3 nitrogen and oxygen atoms in total. The van der Waals surface area contributed by atoms with E-state index in [1.165, 1.54) is 0 Å². The van der Waals surface area contributed by atoms with Crippen molar-refractivity contribution >= 4 is 0 Å². The molecule has 0 aromatic heterocycles. The number of aliphatic hydroxyl groups excluding tert-OH is 1. The lowest BCUT2D eigenvalue weighted by Gasteiger charge is -2.31. The molecule has 0 spiro atoms. The average Bonchev–Trinajstić information content (AvgIpc) is 1.55. The first-order valence-corrected chi connectivity index (χ1v) is 4.11. The molecule has 76 valence electrons. The maximum absolute atomic E-state index is 9.10. The molecule has 0 unspecified atom stereocenters. The third-order valence-corrected chi connectivity index (χ3v) is 1.50. The van der Waals surface area contributed by atoms with Gasteiger partial charge in [0.1, 0.15) is 0 Å². The molecule has 12 heavy (non-hydrogen) atoms. The van der Waals surface area contributed by atoms with Crippen LogP contribution in [0.2, 0.25) is 0 Å². The smallest absolute Gasteiger partial charge is 0.0872 e. The minimum Gasteiger partial charge on any atom is -0.394 e. The lowest BCUT2D eigenvalue weighted by molar-refractivity contribution is -0.107. The highest BCUT2D eigenvalue weighted by atomic mass is 16.3. The zero-order chi connectivity index (χ0) is 10.6. The molecule has 3 heteroatoms. The van der Waals surface area contributed by atoms with Crippen molar-refractivity contribution in [1.29, 1.82) is 0 Å². The van der Waals surface area contributed by atoms with Crippen LogP contribution in [0, 0.1) is 0 Å². The Balaban J connectivity index is 0. The predicted octanol–water partition coefficient (Wildman–Crippen LogP) is 0.915. The third-order valence-electron chi connectivity index (χ3n) is 1.50. The molecule has 0 atom stereocenters. The molecule has 0 amide bonds. The van der Waals surface area contributed by atoms with E-state index in [0.29, 0.717) is 0 Å². The lowest BCUT2D eigenvalue weighted by Crippen LogP contribution is -2.44. The number of aliphatic hydroxyl groups is 3. The van der Waals surface area contributed by atoms with Gasteiger partial charge in [0, 0.05) is 6.10 Å². The fourth-order valence-corrected chi connectivity index (χ4v) is 0. The van der Waals surface area contributed by atoms with E-state index in [1.807, 2.05) is 0 Å². The van der Waals surface area contributed by atoms with Crippen molar-refractivity contribution < 1.29 is 15.3 Å².